The fraction of sp³-hybridized carbons (Fsp3) is 0.273. The van der Waals surface area contributed by atoms with E-state index in [0.717, 1.165) is 18.8 Å². The number of anilines is 2. The lowest BCUT2D eigenvalue weighted by Gasteiger charge is -2.21. The summed E-state index contributed by atoms with van der Waals surface area (Å²) < 4.78 is 16.4. The molecule has 0 saturated heterocycles. The van der Waals surface area contributed by atoms with Gasteiger partial charge in [0.15, 0.2) is 11.5 Å². The van der Waals surface area contributed by atoms with Crippen molar-refractivity contribution in [2.75, 3.05) is 36.5 Å². The number of carbonyl (C=O) groups excluding carboxylic acids is 1. The summed E-state index contributed by atoms with van der Waals surface area (Å²) in [5, 5.41) is 3.41. The summed E-state index contributed by atoms with van der Waals surface area (Å²) in [7, 11) is 0. The number of benzene rings is 2. The van der Waals surface area contributed by atoms with Gasteiger partial charge in [-0.05, 0) is 44.2 Å². The van der Waals surface area contributed by atoms with E-state index in [9.17, 15) is 9.59 Å². The molecule has 1 amide bonds. The van der Waals surface area contributed by atoms with Crippen LogP contribution in [0.5, 0.6) is 11.5 Å². The Morgan fingerprint density at radius 1 is 1.00 bits per heavy atom. The normalized spacial score (nSPS) is 12.6. The molecule has 3 aromatic rings. The summed E-state index contributed by atoms with van der Waals surface area (Å²) in [6, 6.07) is 12.3. The number of hydrogen-bond donors (Lipinski definition) is 1. The van der Waals surface area contributed by atoms with Crippen molar-refractivity contribution < 1.29 is 18.7 Å². The summed E-state index contributed by atoms with van der Waals surface area (Å²) in [6.07, 6.45) is 0. The average molecular weight is 394 g/mol. The summed E-state index contributed by atoms with van der Waals surface area (Å²) in [4.78, 5) is 27.2. The zero-order chi connectivity index (χ0) is 20.4. The smallest absolute Gasteiger partial charge is 0.349 e. The highest BCUT2D eigenvalue weighted by atomic mass is 16.6. The van der Waals surface area contributed by atoms with Crippen LogP contribution in [0.25, 0.3) is 11.0 Å². The van der Waals surface area contributed by atoms with Crippen molar-refractivity contribution in [1.82, 2.24) is 0 Å². The number of hydrogen-bond acceptors (Lipinski definition) is 6. The standard InChI is InChI=1S/C22H22N2O5/c1-3-24(4-2)16-7-5-14-11-17(22(26)29-19(14)13-16)21(25)23-15-6-8-18-20(12-15)28-10-9-27-18/h5-8,11-13H,3-4,9-10H2,1-2H3,(H,23,25). The second-order valence-corrected chi connectivity index (χ2v) is 6.65. The number of nitrogens with zero attached hydrogens (tertiary/aromatic N) is 1. The Morgan fingerprint density at radius 3 is 2.52 bits per heavy atom. The third kappa shape index (κ3) is 3.76. The maximum absolute atomic E-state index is 12.7. The van der Waals surface area contributed by atoms with Crippen molar-refractivity contribution >= 4 is 28.3 Å². The van der Waals surface area contributed by atoms with Crippen molar-refractivity contribution in [1.29, 1.82) is 0 Å². The molecule has 0 aliphatic carbocycles. The highest BCUT2D eigenvalue weighted by Crippen LogP contribution is 2.32. The van der Waals surface area contributed by atoms with E-state index >= 15 is 0 Å². The minimum atomic E-state index is -0.677. The molecule has 2 heterocycles. The zero-order valence-corrected chi connectivity index (χ0v) is 16.4. The van der Waals surface area contributed by atoms with E-state index in [1.165, 1.54) is 0 Å². The van der Waals surface area contributed by atoms with Gasteiger partial charge in [0.2, 0.25) is 0 Å². The van der Waals surface area contributed by atoms with E-state index in [1.54, 1.807) is 24.3 Å². The van der Waals surface area contributed by atoms with Crippen LogP contribution in [0.4, 0.5) is 11.4 Å². The van der Waals surface area contributed by atoms with Crippen LogP contribution < -0.4 is 25.3 Å². The first-order valence-corrected chi connectivity index (χ1v) is 9.63. The monoisotopic (exact) mass is 394 g/mol. The first kappa shape index (κ1) is 18.9. The molecule has 0 bridgehead atoms. The van der Waals surface area contributed by atoms with Gasteiger partial charge in [0.1, 0.15) is 24.4 Å². The van der Waals surface area contributed by atoms with Crippen LogP contribution in [0.3, 0.4) is 0 Å². The minimum Gasteiger partial charge on any atom is -0.486 e. The second kappa shape index (κ2) is 7.87. The fourth-order valence-electron chi connectivity index (χ4n) is 3.36. The first-order valence-electron chi connectivity index (χ1n) is 9.63. The van der Waals surface area contributed by atoms with Crippen molar-refractivity contribution in [2.45, 2.75) is 13.8 Å². The Bertz CT molecular complexity index is 1120. The first-order chi connectivity index (χ1) is 14.1. The van der Waals surface area contributed by atoms with Crippen LogP contribution in [0, 0.1) is 0 Å². The molecule has 1 N–H and O–H groups in total. The number of amides is 1. The number of carbonyl (C=O) groups is 1. The van der Waals surface area contributed by atoms with E-state index in [-0.39, 0.29) is 5.56 Å². The van der Waals surface area contributed by atoms with Crippen LogP contribution >= 0.6 is 0 Å². The SMILES string of the molecule is CCN(CC)c1ccc2cc(C(=O)Nc3ccc4c(c3)OCCO4)c(=O)oc2c1. The van der Waals surface area contributed by atoms with Gasteiger partial charge in [0.05, 0.1) is 0 Å². The van der Waals surface area contributed by atoms with Gasteiger partial charge in [-0.3, -0.25) is 4.79 Å². The van der Waals surface area contributed by atoms with Crippen LogP contribution in [0.15, 0.2) is 51.7 Å². The van der Waals surface area contributed by atoms with Gasteiger partial charge < -0.3 is 24.1 Å². The molecule has 0 atom stereocenters. The van der Waals surface area contributed by atoms with Gasteiger partial charge in [-0.1, -0.05) is 0 Å². The molecule has 2 aromatic carbocycles. The highest BCUT2D eigenvalue weighted by Gasteiger charge is 2.17. The maximum Gasteiger partial charge on any atom is 0.349 e. The summed E-state index contributed by atoms with van der Waals surface area (Å²) in [5.41, 5.74) is 1.21. The molecular weight excluding hydrogens is 372 g/mol. The predicted octanol–water partition coefficient (Wildman–Crippen LogP) is 3.66. The Balaban J connectivity index is 1.61. The van der Waals surface area contributed by atoms with Gasteiger partial charge in [-0.15, -0.1) is 0 Å². The molecule has 0 spiro atoms. The Labute approximate surface area is 167 Å². The van der Waals surface area contributed by atoms with E-state index in [0.29, 0.717) is 41.4 Å². The Morgan fingerprint density at radius 2 is 1.76 bits per heavy atom. The van der Waals surface area contributed by atoms with Crippen molar-refractivity contribution in [3.05, 3.63) is 58.4 Å². The molecule has 0 unspecified atom stereocenters. The highest BCUT2D eigenvalue weighted by molar-refractivity contribution is 6.05. The Hall–Kier alpha value is -3.48. The van der Waals surface area contributed by atoms with Crippen LogP contribution in [0.2, 0.25) is 0 Å². The number of ether oxygens (including phenoxy) is 2. The van der Waals surface area contributed by atoms with E-state index in [1.807, 2.05) is 18.2 Å². The fourth-order valence-corrected chi connectivity index (χ4v) is 3.36. The molecule has 0 fully saturated rings. The molecule has 1 aromatic heterocycles. The van der Waals surface area contributed by atoms with E-state index < -0.39 is 11.5 Å². The van der Waals surface area contributed by atoms with Crippen LogP contribution in [-0.4, -0.2) is 32.2 Å². The van der Waals surface area contributed by atoms with Gasteiger partial charge in [0, 0.05) is 42.0 Å². The molecule has 7 nitrogen and oxygen atoms in total. The zero-order valence-electron chi connectivity index (χ0n) is 16.4. The van der Waals surface area contributed by atoms with Crippen LogP contribution in [-0.2, 0) is 0 Å². The third-order valence-electron chi connectivity index (χ3n) is 4.89. The second-order valence-electron chi connectivity index (χ2n) is 6.65. The number of nitrogens with one attached hydrogen (secondary N) is 1. The molecule has 150 valence electrons. The molecule has 1 aliphatic rings. The molecule has 7 heteroatoms. The van der Waals surface area contributed by atoms with Crippen LogP contribution in [0.1, 0.15) is 24.2 Å². The van der Waals surface area contributed by atoms with Gasteiger partial charge in [0.25, 0.3) is 5.91 Å². The molecule has 29 heavy (non-hydrogen) atoms. The topological polar surface area (TPSA) is 81.0 Å². The predicted molar refractivity (Wildman–Crippen MR) is 111 cm³/mol. The molecule has 0 saturated carbocycles. The number of rotatable bonds is 5. The molecule has 1 aliphatic heterocycles. The molecule has 4 rings (SSSR count). The van der Waals surface area contributed by atoms with E-state index in [2.05, 4.69) is 24.1 Å². The average Bonchev–Trinajstić information content (AvgIpc) is 2.74. The van der Waals surface area contributed by atoms with E-state index in [4.69, 9.17) is 13.9 Å². The van der Waals surface area contributed by atoms with Crippen molar-refractivity contribution in [3.8, 4) is 11.5 Å². The lowest BCUT2D eigenvalue weighted by atomic mass is 10.1. The third-order valence-corrected chi connectivity index (χ3v) is 4.89. The summed E-state index contributed by atoms with van der Waals surface area (Å²) >= 11 is 0. The lowest BCUT2D eigenvalue weighted by Crippen LogP contribution is -2.22. The number of fused-ring (bicyclic) bond motifs is 2. The van der Waals surface area contributed by atoms with Crippen molar-refractivity contribution in [3.63, 3.8) is 0 Å². The largest absolute Gasteiger partial charge is 0.486 e. The van der Waals surface area contributed by atoms with Gasteiger partial charge in [-0.25, -0.2) is 4.79 Å². The van der Waals surface area contributed by atoms with Gasteiger partial charge in [-0.2, -0.15) is 0 Å². The quantitative estimate of drug-likeness (QED) is 0.665. The summed E-state index contributed by atoms with van der Waals surface area (Å²) in [5.74, 6) is 0.650. The molecular formula is C22H22N2O5. The maximum atomic E-state index is 12.7. The summed E-state index contributed by atoms with van der Waals surface area (Å²) in [6.45, 7) is 6.77. The van der Waals surface area contributed by atoms with Gasteiger partial charge >= 0.3 is 5.63 Å². The molecule has 0 radical (unpaired) electrons. The Kier molecular flexibility index (Phi) is 5.12. The minimum absolute atomic E-state index is 0.0528. The van der Waals surface area contributed by atoms with Crippen molar-refractivity contribution in [2.24, 2.45) is 0 Å². The lowest BCUT2D eigenvalue weighted by molar-refractivity contribution is 0.102.